The van der Waals surface area contributed by atoms with Crippen molar-refractivity contribution in [3.05, 3.63) is 29.8 Å². The van der Waals surface area contributed by atoms with Gasteiger partial charge in [0.1, 0.15) is 0 Å². The smallest absolute Gasteiger partial charge is 0.251 e. The molecule has 0 unspecified atom stereocenters. The zero-order valence-electron chi connectivity index (χ0n) is 13.2. The second kappa shape index (κ2) is 8.54. The van der Waals surface area contributed by atoms with Crippen LogP contribution in [0.1, 0.15) is 49.4 Å². The van der Waals surface area contributed by atoms with Crippen molar-refractivity contribution in [2.24, 2.45) is 0 Å². The number of benzene rings is 1. The molecule has 1 aliphatic rings. The second-order valence-electron chi connectivity index (χ2n) is 5.70. The molecule has 1 aromatic rings. The van der Waals surface area contributed by atoms with Crippen molar-refractivity contribution in [2.45, 2.75) is 45.1 Å². The summed E-state index contributed by atoms with van der Waals surface area (Å²) in [7, 11) is 0. The molecular formula is C17H25N3O2. The summed E-state index contributed by atoms with van der Waals surface area (Å²) in [4.78, 5) is 23.8. The normalized spacial score (nSPS) is 15.3. The zero-order valence-corrected chi connectivity index (χ0v) is 13.2. The van der Waals surface area contributed by atoms with Crippen molar-refractivity contribution in [2.75, 3.05) is 18.4 Å². The minimum Gasteiger partial charge on any atom is -0.352 e. The van der Waals surface area contributed by atoms with Gasteiger partial charge in [0.25, 0.3) is 5.91 Å². The molecule has 0 heterocycles. The molecule has 2 rings (SSSR count). The van der Waals surface area contributed by atoms with Crippen molar-refractivity contribution in [1.29, 1.82) is 0 Å². The van der Waals surface area contributed by atoms with E-state index < -0.39 is 0 Å². The van der Waals surface area contributed by atoms with Crippen LogP contribution in [0, 0.1) is 0 Å². The fourth-order valence-electron chi connectivity index (χ4n) is 2.75. The molecule has 1 saturated carbocycles. The van der Waals surface area contributed by atoms with Gasteiger partial charge in [-0.2, -0.15) is 0 Å². The van der Waals surface area contributed by atoms with Gasteiger partial charge in [0, 0.05) is 23.8 Å². The molecule has 0 aliphatic heterocycles. The molecule has 5 nitrogen and oxygen atoms in total. The molecule has 0 aromatic heterocycles. The lowest BCUT2D eigenvalue weighted by atomic mass is 9.95. The number of nitrogens with one attached hydrogen (secondary N) is 3. The second-order valence-corrected chi connectivity index (χ2v) is 5.70. The van der Waals surface area contributed by atoms with E-state index in [0.717, 1.165) is 12.8 Å². The van der Waals surface area contributed by atoms with Gasteiger partial charge in [0.15, 0.2) is 0 Å². The first kappa shape index (κ1) is 16.5. The molecule has 120 valence electrons. The van der Waals surface area contributed by atoms with Crippen LogP contribution in [0.4, 0.5) is 5.69 Å². The minimum atomic E-state index is -0.126. The third-order valence-corrected chi connectivity index (χ3v) is 3.90. The van der Waals surface area contributed by atoms with Crippen LogP contribution >= 0.6 is 0 Å². The highest BCUT2D eigenvalue weighted by Crippen LogP contribution is 2.17. The lowest BCUT2D eigenvalue weighted by molar-refractivity contribution is -0.115. The Labute approximate surface area is 131 Å². The lowest BCUT2D eigenvalue weighted by Crippen LogP contribution is -2.37. The van der Waals surface area contributed by atoms with Crippen LogP contribution in [0.3, 0.4) is 0 Å². The molecular weight excluding hydrogens is 278 g/mol. The van der Waals surface area contributed by atoms with Crippen molar-refractivity contribution in [3.63, 3.8) is 0 Å². The molecule has 0 saturated heterocycles. The van der Waals surface area contributed by atoms with Gasteiger partial charge in [-0.3, -0.25) is 9.59 Å². The fraction of sp³-hybridized carbons (Fsp3) is 0.529. The van der Waals surface area contributed by atoms with Gasteiger partial charge in [-0.15, -0.1) is 0 Å². The highest BCUT2D eigenvalue weighted by Gasteiger charge is 2.14. The van der Waals surface area contributed by atoms with Crippen molar-refractivity contribution < 1.29 is 9.59 Å². The highest BCUT2D eigenvalue weighted by atomic mass is 16.2. The summed E-state index contributed by atoms with van der Waals surface area (Å²) in [6.45, 7) is 2.78. The van der Waals surface area contributed by atoms with Crippen LogP contribution in [0.25, 0.3) is 0 Å². The Hall–Kier alpha value is -1.88. The largest absolute Gasteiger partial charge is 0.352 e. The first-order valence-electron chi connectivity index (χ1n) is 8.10. The van der Waals surface area contributed by atoms with E-state index in [-0.39, 0.29) is 11.8 Å². The Morgan fingerprint density at radius 3 is 2.68 bits per heavy atom. The third-order valence-electron chi connectivity index (χ3n) is 3.90. The fourth-order valence-corrected chi connectivity index (χ4v) is 2.75. The van der Waals surface area contributed by atoms with E-state index in [1.165, 1.54) is 19.3 Å². The van der Waals surface area contributed by atoms with Crippen LogP contribution < -0.4 is 16.0 Å². The maximum atomic E-state index is 12.0. The molecule has 1 aromatic carbocycles. The number of hydrogen-bond acceptors (Lipinski definition) is 3. The van der Waals surface area contributed by atoms with Crippen LogP contribution in [0.5, 0.6) is 0 Å². The van der Waals surface area contributed by atoms with Crippen LogP contribution in [0.15, 0.2) is 24.3 Å². The average Bonchev–Trinajstić information content (AvgIpc) is 2.54. The minimum absolute atomic E-state index is 0.0707. The summed E-state index contributed by atoms with van der Waals surface area (Å²) in [5.41, 5.74) is 1.21. The molecule has 0 spiro atoms. The number of anilines is 1. The van der Waals surface area contributed by atoms with E-state index in [9.17, 15) is 9.59 Å². The van der Waals surface area contributed by atoms with E-state index >= 15 is 0 Å². The molecule has 1 fully saturated rings. The monoisotopic (exact) mass is 303 g/mol. The van der Waals surface area contributed by atoms with Gasteiger partial charge in [-0.1, -0.05) is 25.3 Å². The first-order chi connectivity index (χ1) is 10.7. The van der Waals surface area contributed by atoms with Crippen LogP contribution in [-0.4, -0.2) is 30.9 Å². The summed E-state index contributed by atoms with van der Waals surface area (Å²) in [5, 5.41) is 8.89. The Kier molecular flexibility index (Phi) is 6.40. The Morgan fingerprint density at radius 2 is 1.95 bits per heavy atom. The molecule has 1 aliphatic carbocycles. The molecule has 22 heavy (non-hydrogen) atoms. The van der Waals surface area contributed by atoms with E-state index in [1.807, 2.05) is 6.92 Å². The van der Waals surface area contributed by atoms with Crippen molar-refractivity contribution in [3.8, 4) is 0 Å². The molecule has 0 radical (unpaired) electrons. The molecule has 0 atom stereocenters. The highest BCUT2D eigenvalue weighted by molar-refractivity contribution is 5.97. The number of amides is 2. The quantitative estimate of drug-likeness (QED) is 0.755. The molecule has 0 bridgehead atoms. The number of carbonyl (C=O) groups is 2. The van der Waals surface area contributed by atoms with Crippen LogP contribution in [0.2, 0.25) is 0 Å². The molecule has 3 N–H and O–H groups in total. The number of rotatable bonds is 6. The topological polar surface area (TPSA) is 70.2 Å². The third kappa shape index (κ3) is 5.15. The number of hydrogen-bond donors (Lipinski definition) is 3. The van der Waals surface area contributed by atoms with E-state index in [0.29, 0.717) is 30.4 Å². The zero-order chi connectivity index (χ0) is 15.8. The van der Waals surface area contributed by atoms with E-state index in [1.54, 1.807) is 24.3 Å². The summed E-state index contributed by atoms with van der Waals surface area (Å²) in [6.07, 6.45) is 6.10. The predicted molar refractivity (Wildman–Crippen MR) is 88.0 cm³/mol. The molecule has 2 amide bonds. The first-order valence-corrected chi connectivity index (χ1v) is 8.10. The van der Waals surface area contributed by atoms with Crippen molar-refractivity contribution in [1.82, 2.24) is 10.6 Å². The van der Waals surface area contributed by atoms with Gasteiger partial charge in [-0.25, -0.2) is 0 Å². The maximum absolute atomic E-state index is 12.0. The van der Waals surface area contributed by atoms with Crippen LogP contribution in [-0.2, 0) is 4.79 Å². The van der Waals surface area contributed by atoms with Gasteiger partial charge < -0.3 is 16.0 Å². The van der Waals surface area contributed by atoms with Gasteiger partial charge in [-0.05, 0) is 38.0 Å². The molecule has 5 heteroatoms. The SMILES string of the molecule is CCNC(=O)c1cccc(NC(=O)CNC2CCCCC2)c1. The van der Waals surface area contributed by atoms with Gasteiger partial charge in [0.2, 0.25) is 5.91 Å². The van der Waals surface area contributed by atoms with Gasteiger partial charge >= 0.3 is 0 Å². The predicted octanol–water partition coefficient (Wildman–Crippen LogP) is 2.30. The maximum Gasteiger partial charge on any atom is 0.251 e. The van der Waals surface area contributed by atoms with Gasteiger partial charge in [0.05, 0.1) is 6.54 Å². The Balaban J connectivity index is 1.83. The van der Waals surface area contributed by atoms with E-state index in [2.05, 4.69) is 16.0 Å². The average molecular weight is 303 g/mol. The lowest BCUT2D eigenvalue weighted by Gasteiger charge is -2.22. The summed E-state index contributed by atoms with van der Waals surface area (Å²) in [6, 6.07) is 7.46. The standard InChI is InChI=1S/C17H25N3O2/c1-2-18-17(22)13-7-6-10-15(11-13)20-16(21)12-19-14-8-4-3-5-9-14/h6-7,10-11,14,19H,2-5,8-9,12H2,1H3,(H,18,22)(H,20,21). The summed E-state index contributed by atoms with van der Waals surface area (Å²) < 4.78 is 0. The summed E-state index contributed by atoms with van der Waals surface area (Å²) >= 11 is 0. The number of carbonyl (C=O) groups excluding carboxylic acids is 2. The Morgan fingerprint density at radius 1 is 1.18 bits per heavy atom. The van der Waals surface area contributed by atoms with E-state index in [4.69, 9.17) is 0 Å². The summed E-state index contributed by atoms with van der Waals surface area (Å²) in [5.74, 6) is -0.197. The Bertz CT molecular complexity index is 510. The van der Waals surface area contributed by atoms with Crippen molar-refractivity contribution >= 4 is 17.5 Å².